The van der Waals surface area contributed by atoms with Gasteiger partial charge in [-0.1, -0.05) is 13.8 Å². The fraction of sp³-hybridized carbons (Fsp3) is 0.800. The molecule has 8 heteroatoms. The third-order valence-corrected chi connectivity index (χ3v) is 3.25. The molecule has 1 heterocycles. The lowest BCUT2D eigenvalue weighted by molar-refractivity contribution is -0.124. The molecule has 1 aliphatic heterocycles. The van der Waals surface area contributed by atoms with Gasteiger partial charge in [0.2, 0.25) is 5.91 Å². The van der Waals surface area contributed by atoms with E-state index < -0.39 is 0 Å². The Kier molecular flexibility index (Phi) is 9.04. The average Bonchev–Trinajstić information content (AvgIpc) is 2.82. The first-order valence-electron chi connectivity index (χ1n) is 8.22. The van der Waals surface area contributed by atoms with E-state index in [1.165, 1.54) is 4.90 Å². The van der Waals surface area contributed by atoms with Crippen molar-refractivity contribution in [2.75, 3.05) is 45.9 Å². The minimum absolute atomic E-state index is 0.0840. The molecule has 0 atom stereocenters. The van der Waals surface area contributed by atoms with Gasteiger partial charge in [-0.05, 0) is 19.3 Å². The number of hydrogen-bond donors (Lipinski definition) is 3. The third kappa shape index (κ3) is 7.83. The zero-order valence-electron chi connectivity index (χ0n) is 14.4. The molecule has 1 fully saturated rings. The second kappa shape index (κ2) is 10.8. The Labute approximate surface area is 138 Å². The molecule has 0 aliphatic carbocycles. The normalized spacial score (nSPS) is 15.3. The lowest BCUT2D eigenvalue weighted by atomic mass is 10.1. The van der Waals surface area contributed by atoms with E-state index in [9.17, 15) is 9.59 Å². The standard InChI is InChI=1S/C15H29N5O3/c1-4-16-14(18-7-10-23-9-5-12(2)3)17-6-8-20-13(21)11-19-15(20)22/h12H,4-11H2,1-3H3,(H,19,22)(H2,16,17,18). The first kappa shape index (κ1) is 19.2. The Morgan fingerprint density at radius 1 is 1.35 bits per heavy atom. The summed E-state index contributed by atoms with van der Waals surface area (Å²) in [6.45, 7) is 9.81. The number of carbonyl (C=O) groups excluding carboxylic acids is 2. The molecule has 0 bridgehead atoms. The number of imide groups is 1. The number of hydrogen-bond acceptors (Lipinski definition) is 4. The fourth-order valence-corrected chi connectivity index (χ4v) is 1.95. The van der Waals surface area contributed by atoms with Gasteiger partial charge in [0.25, 0.3) is 0 Å². The van der Waals surface area contributed by atoms with E-state index in [1.54, 1.807) is 0 Å². The summed E-state index contributed by atoms with van der Waals surface area (Å²) in [4.78, 5) is 28.5. The van der Waals surface area contributed by atoms with Crippen LogP contribution in [0.25, 0.3) is 0 Å². The van der Waals surface area contributed by atoms with Crippen molar-refractivity contribution in [3.63, 3.8) is 0 Å². The van der Waals surface area contributed by atoms with Crippen LogP contribution in [0.1, 0.15) is 27.2 Å². The highest BCUT2D eigenvalue weighted by Gasteiger charge is 2.27. The molecule has 0 spiro atoms. The topological polar surface area (TPSA) is 95.1 Å². The quantitative estimate of drug-likeness (QED) is 0.230. The van der Waals surface area contributed by atoms with Crippen LogP contribution in [-0.2, 0) is 9.53 Å². The van der Waals surface area contributed by atoms with Crippen molar-refractivity contribution in [3.8, 4) is 0 Å². The molecule has 0 aromatic carbocycles. The van der Waals surface area contributed by atoms with Crippen LogP contribution in [0.3, 0.4) is 0 Å². The van der Waals surface area contributed by atoms with Gasteiger partial charge >= 0.3 is 6.03 Å². The van der Waals surface area contributed by atoms with Gasteiger partial charge in [0, 0.05) is 26.2 Å². The lowest BCUT2D eigenvalue weighted by Crippen LogP contribution is -2.43. The van der Waals surface area contributed by atoms with E-state index in [2.05, 4.69) is 34.8 Å². The highest BCUT2D eigenvalue weighted by atomic mass is 16.5. The Balaban J connectivity index is 2.23. The van der Waals surface area contributed by atoms with Crippen molar-refractivity contribution in [3.05, 3.63) is 0 Å². The number of aliphatic imine (C=N–C) groups is 1. The van der Waals surface area contributed by atoms with Gasteiger partial charge in [-0.25, -0.2) is 4.79 Å². The minimum Gasteiger partial charge on any atom is -0.380 e. The number of amides is 3. The largest absolute Gasteiger partial charge is 0.380 e. The third-order valence-electron chi connectivity index (χ3n) is 3.25. The summed E-state index contributed by atoms with van der Waals surface area (Å²) in [6, 6.07) is -0.336. The van der Waals surface area contributed by atoms with Gasteiger partial charge in [-0.15, -0.1) is 0 Å². The number of nitrogens with zero attached hydrogens (tertiary/aromatic N) is 2. The Morgan fingerprint density at radius 2 is 2.13 bits per heavy atom. The van der Waals surface area contributed by atoms with Crippen LogP contribution in [0.2, 0.25) is 0 Å². The molecule has 1 rings (SSSR count). The van der Waals surface area contributed by atoms with Crippen molar-refractivity contribution in [2.24, 2.45) is 10.9 Å². The second-order valence-corrected chi connectivity index (χ2v) is 5.69. The summed E-state index contributed by atoms with van der Waals surface area (Å²) in [5, 5.41) is 8.72. The Bertz CT molecular complexity index is 396. The molecule has 0 unspecified atom stereocenters. The van der Waals surface area contributed by atoms with Crippen LogP contribution in [0, 0.1) is 5.92 Å². The Morgan fingerprint density at radius 3 is 2.74 bits per heavy atom. The van der Waals surface area contributed by atoms with E-state index in [0.29, 0.717) is 38.1 Å². The first-order chi connectivity index (χ1) is 11.0. The van der Waals surface area contributed by atoms with Crippen molar-refractivity contribution >= 4 is 17.9 Å². The second-order valence-electron chi connectivity index (χ2n) is 5.69. The molecule has 1 aliphatic rings. The smallest absolute Gasteiger partial charge is 0.324 e. The maximum absolute atomic E-state index is 11.5. The molecule has 0 radical (unpaired) electrons. The Hall–Kier alpha value is -1.83. The molecule has 1 saturated heterocycles. The summed E-state index contributed by atoms with van der Waals surface area (Å²) in [7, 11) is 0. The summed E-state index contributed by atoms with van der Waals surface area (Å²) in [6.07, 6.45) is 1.05. The van der Waals surface area contributed by atoms with Gasteiger partial charge in [-0.3, -0.25) is 14.7 Å². The van der Waals surface area contributed by atoms with Crippen molar-refractivity contribution in [2.45, 2.75) is 27.2 Å². The molecule has 0 aromatic rings. The molecule has 8 nitrogen and oxygen atoms in total. The number of ether oxygens (including phenoxy) is 1. The number of rotatable bonds is 10. The van der Waals surface area contributed by atoms with E-state index in [0.717, 1.165) is 19.6 Å². The maximum Gasteiger partial charge on any atom is 0.324 e. The average molecular weight is 327 g/mol. The van der Waals surface area contributed by atoms with E-state index in [1.807, 2.05) is 6.92 Å². The van der Waals surface area contributed by atoms with Crippen LogP contribution in [0.15, 0.2) is 4.99 Å². The minimum atomic E-state index is -0.336. The van der Waals surface area contributed by atoms with Gasteiger partial charge < -0.3 is 20.7 Å². The zero-order valence-corrected chi connectivity index (χ0v) is 14.4. The molecule has 0 aromatic heterocycles. The van der Waals surface area contributed by atoms with Crippen molar-refractivity contribution < 1.29 is 14.3 Å². The molecular formula is C15H29N5O3. The summed E-state index contributed by atoms with van der Waals surface area (Å²) in [5.74, 6) is 1.10. The van der Waals surface area contributed by atoms with E-state index in [4.69, 9.17) is 4.74 Å². The first-order valence-corrected chi connectivity index (χ1v) is 8.22. The highest BCUT2D eigenvalue weighted by molar-refractivity contribution is 6.01. The molecule has 3 amide bonds. The van der Waals surface area contributed by atoms with Gasteiger partial charge in [-0.2, -0.15) is 0 Å². The monoisotopic (exact) mass is 327 g/mol. The van der Waals surface area contributed by atoms with Crippen LogP contribution in [-0.4, -0.2) is 68.7 Å². The fourth-order valence-electron chi connectivity index (χ4n) is 1.95. The van der Waals surface area contributed by atoms with Crippen molar-refractivity contribution in [1.29, 1.82) is 0 Å². The molecule has 23 heavy (non-hydrogen) atoms. The molecule has 0 saturated carbocycles. The van der Waals surface area contributed by atoms with Crippen LogP contribution in [0.5, 0.6) is 0 Å². The lowest BCUT2D eigenvalue weighted by Gasteiger charge is -2.15. The van der Waals surface area contributed by atoms with Crippen LogP contribution >= 0.6 is 0 Å². The van der Waals surface area contributed by atoms with Gasteiger partial charge in [0.1, 0.15) is 0 Å². The summed E-state index contributed by atoms with van der Waals surface area (Å²) >= 11 is 0. The van der Waals surface area contributed by atoms with E-state index >= 15 is 0 Å². The number of urea groups is 1. The van der Waals surface area contributed by atoms with E-state index in [-0.39, 0.29) is 18.5 Å². The van der Waals surface area contributed by atoms with Crippen LogP contribution in [0.4, 0.5) is 4.79 Å². The summed E-state index contributed by atoms with van der Waals surface area (Å²) in [5.41, 5.74) is 0. The molecule has 132 valence electrons. The highest BCUT2D eigenvalue weighted by Crippen LogP contribution is 1.98. The molecular weight excluding hydrogens is 298 g/mol. The summed E-state index contributed by atoms with van der Waals surface area (Å²) < 4.78 is 5.52. The SMILES string of the molecule is CCNC(=NCCOCCC(C)C)NCCN1C(=O)CNC1=O. The number of nitrogens with one attached hydrogen (secondary N) is 3. The van der Waals surface area contributed by atoms with Crippen molar-refractivity contribution in [1.82, 2.24) is 20.9 Å². The predicted octanol–water partition coefficient (Wildman–Crippen LogP) is 0.156. The number of guanidine groups is 1. The van der Waals surface area contributed by atoms with Crippen LogP contribution < -0.4 is 16.0 Å². The van der Waals surface area contributed by atoms with Gasteiger partial charge in [0.15, 0.2) is 5.96 Å². The van der Waals surface area contributed by atoms with Gasteiger partial charge in [0.05, 0.1) is 19.7 Å². The zero-order chi connectivity index (χ0) is 17.1. The maximum atomic E-state index is 11.5. The number of carbonyl (C=O) groups is 2. The predicted molar refractivity (Wildman–Crippen MR) is 89.4 cm³/mol. The molecule has 3 N–H and O–H groups in total.